The summed E-state index contributed by atoms with van der Waals surface area (Å²) in [5.74, 6) is 0.807. The highest BCUT2D eigenvalue weighted by Crippen LogP contribution is 2.44. The van der Waals surface area contributed by atoms with Gasteiger partial charge in [0, 0.05) is 22.2 Å². The van der Waals surface area contributed by atoms with Crippen LogP contribution in [0.15, 0.2) is 102 Å². The van der Waals surface area contributed by atoms with Gasteiger partial charge in [0.15, 0.2) is 0 Å². The molecule has 1 aliphatic rings. The molecular formula is C33H27ClN2O5. The minimum Gasteiger partial charge on any atom is -0.494 e. The number of allylic oxidation sites excluding steroid dienone is 1. The van der Waals surface area contributed by atoms with Crippen molar-refractivity contribution in [1.29, 1.82) is 5.26 Å². The zero-order chi connectivity index (χ0) is 28.8. The average molecular weight is 567 g/mol. The Bertz CT molecular complexity index is 1660. The molecule has 0 amide bonds. The van der Waals surface area contributed by atoms with Crippen molar-refractivity contribution >= 4 is 17.6 Å². The van der Waals surface area contributed by atoms with Crippen LogP contribution in [0.2, 0.25) is 5.02 Å². The fraction of sp³-hybridized carbons (Fsp3) is 0.152. The molecule has 1 aliphatic heterocycles. The van der Waals surface area contributed by atoms with Gasteiger partial charge in [-0.3, -0.25) is 0 Å². The summed E-state index contributed by atoms with van der Waals surface area (Å²) < 4.78 is 23.1. The Hall–Kier alpha value is -4.93. The van der Waals surface area contributed by atoms with Crippen LogP contribution >= 0.6 is 11.6 Å². The van der Waals surface area contributed by atoms with Crippen LogP contribution in [0.5, 0.6) is 23.0 Å². The van der Waals surface area contributed by atoms with E-state index in [2.05, 4.69) is 6.07 Å². The second kappa shape index (κ2) is 12.5. The van der Waals surface area contributed by atoms with E-state index in [0.717, 1.165) is 17.5 Å². The highest BCUT2D eigenvalue weighted by atomic mass is 35.5. The number of carbonyl (C=O) groups is 1. The summed E-state index contributed by atoms with van der Waals surface area (Å²) in [6, 6.07) is 29.0. The Labute approximate surface area is 243 Å². The molecular weight excluding hydrogens is 540 g/mol. The lowest BCUT2D eigenvalue weighted by molar-refractivity contribution is 0.0734. The van der Waals surface area contributed by atoms with E-state index in [1.165, 1.54) is 0 Å². The molecule has 0 aliphatic carbocycles. The topological polar surface area (TPSA) is 104 Å². The second-order valence-electron chi connectivity index (χ2n) is 9.34. The number of esters is 1. The Morgan fingerprint density at radius 2 is 1.73 bits per heavy atom. The number of fused-ring (bicyclic) bond motifs is 1. The van der Waals surface area contributed by atoms with E-state index in [4.69, 9.17) is 36.3 Å². The van der Waals surface area contributed by atoms with Crippen LogP contribution in [0, 0.1) is 11.3 Å². The van der Waals surface area contributed by atoms with Gasteiger partial charge in [-0.15, -0.1) is 0 Å². The van der Waals surface area contributed by atoms with Crippen molar-refractivity contribution in [2.45, 2.75) is 25.9 Å². The number of nitrogens with two attached hydrogens (primary N) is 1. The van der Waals surface area contributed by atoms with Gasteiger partial charge in [0.05, 0.1) is 18.1 Å². The fourth-order valence-corrected chi connectivity index (χ4v) is 4.69. The maximum atomic E-state index is 12.9. The third kappa shape index (κ3) is 6.29. The number of rotatable bonds is 9. The summed E-state index contributed by atoms with van der Waals surface area (Å²) in [6.45, 7) is 2.85. The van der Waals surface area contributed by atoms with Crippen LogP contribution in [0.25, 0.3) is 0 Å². The quantitative estimate of drug-likeness (QED) is 0.169. The van der Waals surface area contributed by atoms with E-state index >= 15 is 0 Å². The molecule has 7 nitrogen and oxygen atoms in total. The zero-order valence-electron chi connectivity index (χ0n) is 22.3. The van der Waals surface area contributed by atoms with Crippen molar-refractivity contribution in [3.05, 3.63) is 130 Å². The monoisotopic (exact) mass is 566 g/mol. The van der Waals surface area contributed by atoms with Gasteiger partial charge in [-0.25, -0.2) is 4.79 Å². The predicted octanol–water partition coefficient (Wildman–Crippen LogP) is 7.15. The minimum atomic E-state index is -0.538. The Balaban J connectivity index is 1.39. The molecule has 1 unspecified atom stereocenters. The van der Waals surface area contributed by atoms with E-state index in [1.54, 1.807) is 42.5 Å². The summed E-state index contributed by atoms with van der Waals surface area (Å²) in [7, 11) is 0. The third-order valence-corrected chi connectivity index (χ3v) is 6.86. The van der Waals surface area contributed by atoms with E-state index in [0.29, 0.717) is 46.6 Å². The van der Waals surface area contributed by atoms with Gasteiger partial charge in [-0.1, -0.05) is 61.0 Å². The normalized spacial score (nSPS) is 13.9. The predicted molar refractivity (Wildman–Crippen MR) is 155 cm³/mol. The molecule has 5 rings (SSSR count). The first-order chi connectivity index (χ1) is 20.0. The Morgan fingerprint density at radius 3 is 2.51 bits per heavy atom. The average Bonchev–Trinajstić information content (AvgIpc) is 2.99. The highest BCUT2D eigenvalue weighted by molar-refractivity contribution is 6.31. The summed E-state index contributed by atoms with van der Waals surface area (Å²) in [5, 5.41) is 10.6. The van der Waals surface area contributed by atoms with Crippen LogP contribution in [0.4, 0.5) is 0 Å². The summed E-state index contributed by atoms with van der Waals surface area (Å²) in [6.07, 6.45) is 0.857. The van der Waals surface area contributed by atoms with Crippen LogP contribution in [0.1, 0.15) is 46.3 Å². The van der Waals surface area contributed by atoms with E-state index in [9.17, 15) is 10.1 Å². The molecule has 4 aromatic rings. The second-order valence-corrected chi connectivity index (χ2v) is 9.75. The number of carbonyl (C=O) groups excluding carboxylic acids is 1. The molecule has 8 heteroatoms. The summed E-state index contributed by atoms with van der Waals surface area (Å²) in [5.41, 5.74) is 9.17. The molecule has 41 heavy (non-hydrogen) atoms. The lowest BCUT2D eigenvalue weighted by Gasteiger charge is -2.27. The van der Waals surface area contributed by atoms with Crippen molar-refractivity contribution in [3.8, 4) is 29.1 Å². The maximum Gasteiger partial charge on any atom is 0.343 e. The molecule has 206 valence electrons. The summed E-state index contributed by atoms with van der Waals surface area (Å²) in [4.78, 5) is 12.9. The standard InChI is InChI=1S/C33H27ClN2O5/c1-2-15-38-24-10-6-9-22(17-24)33(37)40-26-13-14-27-30(18-26)41-32(36)28(19-35)31(27)21-8-5-11-25(16-21)39-20-23-7-3-4-12-29(23)34/h3-14,16-18,31H,2,15,20,36H2,1H3. The van der Waals surface area contributed by atoms with Crippen molar-refractivity contribution in [2.75, 3.05) is 6.61 Å². The lowest BCUT2D eigenvalue weighted by atomic mass is 9.83. The van der Waals surface area contributed by atoms with Gasteiger partial charge in [-0.05, 0) is 54.4 Å². The van der Waals surface area contributed by atoms with Crippen LogP contribution < -0.4 is 24.7 Å². The molecule has 0 saturated carbocycles. The number of hydrogen-bond acceptors (Lipinski definition) is 7. The molecule has 0 radical (unpaired) electrons. The molecule has 0 spiro atoms. The first-order valence-electron chi connectivity index (χ1n) is 13.1. The fourth-order valence-electron chi connectivity index (χ4n) is 4.50. The number of nitriles is 1. The van der Waals surface area contributed by atoms with Gasteiger partial charge in [0.1, 0.15) is 41.2 Å². The van der Waals surface area contributed by atoms with Crippen LogP contribution in [-0.2, 0) is 6.61 Å². The Kier molecular flexibility index (Phi) is 8.42. The largest absolute Gasteiger partial charge is 0.494 e. The van der Waals surface area contributed by atoms with Crippen molar-refractivity contribution in [1.82, 2.24) is 0 Å². The summed E-state index contributed by atoms with van der Waals surface area (Å²) >= 11 is 6.27. The molecule has 4 aromatic carbocycles. The van der Waals surface area contributed by atoms with E-state index in [1.807, 2.05) is 55.5 Å². The van der Waals surface area contributed by atoms with Crippen LogP contribution in [0.3, 0.4) is 0 Å². The lowest BCUT2D eigenvalue weighted by Crippen LogP contribution is -2.21. The molecule has 0 fully saturated rings. The van der Waals surface area contributed by atoms with E-state index in [-0.39, 0.29) is 17.2 Å². The van der Waals surface area contributed by atoms with Gasteiger partial charge in [-0.2, -0.15) is 5.26 Å². The molecule has 0 aromatic heterocycles. The SMILES string of the molecule is CCCOc1cccc(C(=O)Oc2ccc3c(c2)OC(N)=C(C#N)C3c2cccc(OCc3ccccc3Cl)c2)c1. The van der Waals surface area contributed by atoms with Gasteiger partial charge in [0.25, 0.3) is 0 Å². The van der Waals surface area contributed by atoms with Crippen LogP contribution in [-0.4, -0.2) is 12.6 Å². The van der Waals surface area contributed by atoms with Gasteiger partial charge >= 0.3 is 5.97 Å². The first kappa shape index (κ1) is 27.6. The smallest absolute Gasteiger partial charge is 0.343 e. The molecule has 1 heterocycles. The molecule has 0 bridgehead atoms. The van der Waals surface area contributed by atoms with Gasteiger partial charge < -0.3 is 24.7 Å². The van der Waals surface area contributed by atoms with Crippen molar-refractivity contribution in [2.24, 2.45) is 5.73 Å². The number of hydrogen-bond donors (Lipinski definition) is 1. The molecule has 1 atom stereocenters. The van der Waals surface area contributed by atoms with Crippen molar-refractivity contribution < 1.29 is 23.7 Å². The molecule has 2 N–H and O–H groups in total. The number of ether oxygens (including phenoxy) is 4. The Morgan fingerprint density at radius 1 is 0.951 bits per heavy atom. The number of halogens is 1. The zero-order valence-corrected chi connectivity index (χ0v) is 23.1. The van der Waals surface area contributed by atoms with Gasteiger partial charge in [0.2, 0.25) is 5.88 Å². The highest BCUT2D eigenvalue weighted by Gasteiger charge is 2.31. The number of benzene rings is 4. The van der Waals surface area contributed by atoms with E-state index < -0.39 is 11.9 Å². The van der Waals surface area contributed by atoms with Crippen molar-refractivity contribution in [3.63, 3.8) is 0 Å². The molecule has 0 saturated heterocycles. The minimum absolute atomic E-state index is 0.0170. The number of nitrogens with zero attached hydrogens (tertiary/aromatic N) is 1. The maximum absolute atomic E-state index is 12.9. The third-order valence-electron chi connectivity index (χ3n) is 6.49. The first-order valence-corrected chi connectivity index (χ1v) is 13.5.